The van der Waals surface area contributed by atoms with Gasteiger partial charge in [-0.2, -0.15) is 0 Å². The third-order valence-electron chi connectivity index (χ3n) is 2.93. The van der Waals surface area contributed by atoms with E-state index in [-0.39, 0.29) is 28.8 Å². The Labute approximate surface area is 142 Å². The van der Waals surface area contributed by atoms with E-state index >= 15 is 0 Å². The van der Waals surface area contributed by atoms with Crippen molar-refractivity contribution in [1.29, 1.82) is 0 Å². The van der Waals surface area contributed by atoms with Crippen LogP contribution in [0.3, 0.4) is 0 Å². The molecular formula is C16H14ClF2N3O2. The number of carbonyl (C=O) groups excluding carboxylic acids is 2. The van der Waals surface area contributed by atoms with Crippen LogP contribution >= 0.6 is 11.6 Å². The van der Waals surface area contributed by atoms with Gasteiger partial charge in [0.1, 0.15) is 11.6 Å². The third kappa shape index (κ3) is 4.92. The first-order chi connectivity index (χ1) is 11.3. The molecule has 2 aromatic carbocycles. The van der Waals surface area contributed by atoms with Crippen molar-refractivity contribution in [2.45, 2.75) is 6.92 Å². The minimum absolute atomic E-state index is 0.0570. The molecule has 3 N–H and O–H groups in total. The highest BCUT2D eigenvalue weighted by molar-refractivity contribution is 6.33. The lowest BCUT2D eigenvalue weighted by Crippen LogP contribution is -2.22. The average Bonchev–Trinajstić information content (AvgIpc) is 2.50. The lowest BCUT2D eigenvalue weighted by molar-refractivity contribution is -0.115. The van der Waals surface area contributed by atoms with Gasteiger partial charge in [0.25, 0.3) is 0 Å². The van der Waals surface area contributed by atoms with Crippen LogP contribution in [-0.2, 0) is 9.59 Å². The number of hydrogen-bond acceptors (Lipinski definition) is 3. The largest absolute Gasteiger partial charge is 0.374 e. The molecule has 0 aliphatic carbocycles. The number of carbonyl (C=O) groups is 2. The molecule has 0 bridgehead atoms. The summed E-state index contributed by atoms with van der Waals surface area (Å²) < 4.78 is 26.7. The predicted octanol–water partition coefficient (Wildman–Crippen LogP) is 3.63. The fourth-order valence-electron chi connectivity index (χ4n) is 1.90. The van der Waals surface area contributed by atoms with Crippen LogP contribution in [0.5, 0.6) is 0 Å². The second-order valence-electron chi connectivity index (χ2n) is 4.90. The first-order valence-electron chi connectivity index (χ1n) is 6.91. The van der Waals surface area contributed by atoms with Crippen molar-refractivity contribution in [3.63, 3.8) is 0 Å². The van der Waals surface area contributed by atoms with Crippen molar-refractivity contribution in [1.82, 2.24) is 0 Å². The Morgan fingerprint density at radius 1 is 1.04 bits per heavy atom. The molecule has 0 spiro atoms. The van der Waals surface area contributed by atoms with E-state index in [1.807, 2.05) is 0 Å². The number of hydrogen-bond donors (Lipinski definition) is 3. The van der Waals surface area contributed by atoms with Crippen molar-refractivity contribution in [2.24, 2.45) is 0 Å². The van der Waals surface area contributed by atoms with E-state index in [0.717, 1.165) is 12.1 Å². The lowest BCUT2D eigenvalue weighted by Gasteiger charge is -2.11. The Balaban J connectivity index is 1.99. The highest BCUT2D eigenvalue weighted by atomic mass is 35.5. The summed E-state index contributed by atoms with van der Waals surface area (Å²) in [7, 11) is 0. The van der Waals surface area contributed by atoms with E-state index < -0.39 is 17.5 Å². The maximum atomic E-state index is 13.7. The van der Waals surface area contributed by atoms with Crippen molar-refractivity contribution in [3.8, 4) is 0 Å². The van der Waals surface area contributed by atoms with E-state index in [1.54, 1.807) is 0 Å². The second kappa shape index (κ2) is 7.74. The molecule has 0 aliphatic heterocycles. The molecule has 0 saturated heterocycles. The van der Waals surface area contributed by atoms with E-state index in [2.05, 4.69) is 16.0 Å². The fourth-order valence-corrected chi connectivity index (χ4v) is 2.12. The average molecular weight is 354 g/mol. The number of halogens is 3. The van der Waals surface area contributed by atoms with E-state index in [9.17, 15) is 18.4 Å². The minimum Gasteiger partial charge on any atom is -0.374 e. The zero-order valence-corrected chi connectivity index (χ0v) is 13.4. The zero-order chi connectivity index (χ0) is 17.7. The molecule has 2 aromatic rings. The van der Waals surface area contributed by atoms with E-state index in [0.29, 0.717) is 5.69 Å². The molecule has 0 saturated carbocycles. The molecule has 0 aliphatic rings. The van der Waals surface area contributed by atoms with Gasteiger partial charge in [-0.3, -0.25) is 9.59 Å². The molecule has 126 valence electrons. The molecule has 0 fully saturated rings. The number of rotatable bonds is 5. The predicted molar refractivity (Wildman–Crippen MR) is 89.2 cm³/mol. The van der Waals surface area contributed by atoms with Crippen LogP contribution in [0.25, 0.3) is 0 Å². The second-order valence-corrected chi connectivity index (χ2v) is 5.31. The van der Waals surface area contributed by atoms with E-state index in [1.165, 1.54) is 31.2 Å². The van der Waals surface area contributed by atoms with Crippen LogP contribution in [0.15, 0.2) is 36.4 Å². The van der Waals surface area contributed by atoms with Crippen LogP contribution in [0.1, 0.15) is 6.92 Å². The van der Waals surface area contributed by atoms with Gasteiger partial charge in [0.05, 0.1) is 22.9 Å². The molecule has 5 nitrogen and oxygen atoms in total. The third-order valence-corrected chi connectivity index (χ3v) is 3.24. The van der Waals surface area contributed by atoms with Gasteiger partial charge in [-0.1, -0.05) is 11.6 Å². The SMILES string of the molecule is CC(=O)Nc1ccc(F)c(NCC(=O)Nc2ccc(F)cc2Cl)c1. The van der Waals surface area contributed by atoms with Crippen LogP contribution in [0.4, 0.5) is 25.8 Å². The van der Waals surface area contributed by atoms with Gasteiger partial charge in [-0.15, -0.1) is 0 Å². The number of amides is 2. The monoisotopic (exact) mass is 353 g/mol. The van der Waals surface area contributed by atoms with E-state index in [4.69, 9.17) is 11.6 Å². The molecule has 0 atom stereocenters. The molecule has 0 heterocycles. The van der Waals surface area contributed by atoms with Gasteiger partial charge in [0, 0.05) is 12.6 Å². The smallest absolute Gasteiger partial charge is 0.243 e. The number of benzene rings is 2. The van der Waals surface area contributed by atoms with Gasteiger partial charge in [-0.05, 0) is 36.4 Å². The minimum atomic E-state index is -0.572. The van der Waals surface area contributed by atoms with Gasteiger partial charge >= 0.3 is 0 Å². The highest BCUT2D eigenvalue weighted by Gasteiger charge is 2.09. The summed E-state index contributed by atoms with van der Waals surface area (Å²) in [6, 6.07) is 7.50. The van der Waals surface area contributed by atoms with Crippen molar-refractivity contribution >= 4 is 40.5 Å². The highest BCUT2D eigenvalue weighted by Crippen LogP contribution is 2.23. The Bertz CT molecular complexity index is 784. The normalized spacial score (nSPS) is 10.2. The molecule has 2 amide bonds. The van der Waals surface area contributed by atoms with Crippen LogP contribution in [0.2, 0.25) is 5.02 Å². The van der Waals surface area contributed by atoms with Crippen LogP contribution < -0.4 is 16.0 Å². The summed E-state index contributed by atoms with van der Waals surface area (Å²) in [6.45, 7) is 1.09. The molecule has 0 aromatic heterocycles. The van der Waals surface area contributed by atoms with Gasteiger partial charge in [0.2, 0.25) is 11.8 Å². The lowest BCUT2D eigenvalue weighted by atomic mass is 10.2. The van der Waals surface area contributed by atoms with Gasteiger partial charge < -0.3 is 16.0 Å². The fraction of sp³-hybridized carbons (Fsp3) is 0.125. The summed E-state index contributed by atoms with van der Waals surface area (Å²) in [4.78, 5) is 22.9. The zero-order valence-electron chi connectivity index (χ0n) is 12.6. The first-order valence-corrected chi connectivity index (χ1v) is 7.29. The van der Waals surface area contributed by atoms with Gasteiger partial charge in [-0.25, -0.2) is 8.78 Å². The van der Waals surface area contributed by atoms with Crippen molar-refractivity contribution in [3.05, 3.63) is 53.1 Å². The summed E-state index contributed by atoms with van der Waals surface area (Å²) in [5.41, 5.74) is 0.701. The molecule has 0 unspecified atom stereocenters. The summed E-state index contributed by atoms with van der Waals surface area (Å²) in [6.07, 6.45) is 0. The molecular weight excluding hydrogens is 340 g/mol. The van der Waals surface area contributed by atoms with Gasteiger partial charge in [0.15, 0.2) is 0 Å². The maximum absolute atomic E-state index is 13.7. The number of nitrogens with one attached hydrogen (secondary N) is 3. The molecule has 0 radical (unpaired) electrons. The summed E-state index contributed by atoms with van der Waals surface area (Å²) in [5, 5.41) is 7.67. The quantitative estimate of drug-likeness (QED) is 0.768. The van der Waals surface area contributed by atoms with Crippen molar-refractivity contribution in [2.75, 3.05) is 22.5 Å². The molecule has 8 heteroatoms. The van der Waals surface area contributed by atoms with Crippen LogP contribution in [0, 0.1) is 11.6 Å². The topological polar surface area (TPSA) is 70.2 Å². The summed E-state index contributed by atoms with van der Waals surface area (Å²) in [5.74, 6) is -1.88. The standard InChI is InChI=1S/C16H14ClF2N3O2/c1-9(23)21-11-3-4-13(19)15(7-11)20-8-16(24)22-14-5-2-10(18)6-12(14)17/h2-7,20H,8H2,1H3,(H,21,23)(H,22,24). The van der Waals surface area contributed by atoms with Crippen molar-refractivity contribution < 1.29 is 18.4 Å². The Morgan fingerprint density at radius 2 is 1.79 bits per heavy atom. The molecule has 24 heavy (non-hydrogen) atoms. The molecule has 2 rings (SSSR count). The first kappa shape index (κ1) is 17.7. The van der Waals surface area contributed by atoms with Crippen LogP contribution in [-0.4, -0.2) is 18.4 Å². The maximum Gasteiger partial charge on any atom is 0.243 e. The Morgan fingerprint density at radius 3 is 2.46 bits per heavy atom. The number of anilines is 3. The summed E-state index contributed by atoms with van der Waals surface area (Å²) >= 11 is 5.81. The Kier molecular flexibility index (Phi) is 5.70. The Hall–Kier alpha value is -2.67.